The fraction of sp³-hybridized carbons (Fsp3) is 0.360. The predicted octanol–water partition coefficient (Wildman–Crippen LogP) is 2.62. The molecule has 3 rings (SSSR count). The summed E-state index contributed by atoms with van der Waals surface area (Å²) in [6.45, 7) is 2.82. The minimum Gasteiger partial charge on any atom is -0.493 e. The third kappa shape index (κ3) is 8.19. The van der Waals surface area contributed by atoms with Crippen LogP contribution in [-0.2, 0) is 25.5 Å². The second-order valence-electron chi connectivity index (χ2n) is 7.97. The molecule has 36 heavy (non-hydrogen) atoms. The zero-order valence-electron chi connectivity index (χ0n) is 20.1. The van der Waals surface area contributed by atoms with Gasteiger partial charge in [-0.3, -0.25) is 14.4 Å². The van der Waals surface area contributed by atoms with E-state index in [-0.39, 0.29) is 25.2 Å². The van der Waals surface area contributed by atoms with Crippen LogP contribution in [0.25, 0.3) is 0 Å². The van der Waals surface area contributed by atoms with Crippen molar-refractivity contribution in [1.82, 2.24) is 10.7 Å². The Hall–Kier alpha value is -3.19. The number of ether oxygens (including phenoxy) is 3. The lowest BCUT2D eigenvalue weighted by molar-refractivity contribution is -0.139. The number of aryl methyl sites for hydroxylation is 1. The molecule has 1 saturated heterocycles. The number of anilines is 1. The van der Waals surface area contributed by atoms with Crippen molar-refractivity contribution < 1.29 is 28.6 Å². The van der Waals surface area contributed by atoms with Gasteiger partial charge in [-0.15, -0.1) is 0 Å². The lowest BCUT2D eigenvalue weighted by Gasteiger charge is -2.13. The molecule has 192 valence electrons. The summed E-state index contributed by atoms with van der Waals surface area (Å²) in [5.74, 6) is -1.16. The van der Waals surface area contributed by atoms with Crippen molar-refractivity contribution in [3.05, 3.63) is 51.1 Å². The number of methoxy groups -OCH3 is 1. The van der Waals surface area contributed by atoms with Gasteiger partial charge >= 0.3 is 11.8 Å². The van der Waals surface area contributed by atoms with Gasteiger partial charge in [0.15, 0.2) is 18.1 Å². The molecule has 1 aliphatic rings. The molecule has 2 aromatic carbocycles. The van der Waals surface area contributed by atoms with Crippen LogP contribution in [-0.4, -0.2) is 56.9 Å². The molecule has 0 aliphatic carbocycles. The molecule has 0 spiro atoms. The third-order valence-corrected chi connectivity index (χ3v) is 6.15. The Balaban J connectivity index is 1.52. The average Bonchev–Trinajstić information content (AvgIpc) is 3.40. The van der Waals surface area contributed by atoms with Gasteiger partial charge in [0, 0.05) is 18.8 Å². The zero-order valence-corrected chi connectivity index (χ0v) is 22.3. The van der Waals surface area contributed by atoms with E-state index >= 15 is 0 Å². The molecular formula is C25H29IN4O6. The fourth-order valence-electron chi connectivity index (χ4n) is 3.42. The molecule has 3 amide bonds. The number of hydrogen-bond donors (Lipinski definition) is 3. The van der Waals surface area contributed by atoms with E-state index in [0.717, 1.165) is 19.3 Å². The Kier molecular flexibility index (Phi) is 10.5. The molecule has 1 atom stereocenters. The summed E-state index contributed by atoms with van der Waals surface area (Å²) in [7, 11) is 1.48. The van der Waals surface area contributed by atoms with Crippen molar-refractivity contribution in [2.24, 2.45) is 5.10 Å². The summed E-state index contributed by atoms with van der Waals surface area (Å²) in [6.07, 6.45) is 4.06. The van der Waals surface area contributed by atoms with Gasteiger partial charge in [-0.2, -0.15) is 5.10 Å². The van der Waals surface area contributed by atoms with Crippen molar-refractivity contribution in [3.8, 4) is 11.5 Å². The number of nitrogens with one attached hydrogen (secondary N) is 3. The van der Waals surface area contributed by atoms with E-state index in [2.05, 4.69) is 50.7 Å². The van der Waals surface area contributed by atoms with Gasteiger partial charge in [0.05, 0.1) is 23.0 Å². The maximum atomic E-state index is 12.3. The van der Waals surface area contributed by atoms with Gasteiger partial charge < -0.3 is 24.8 Å². The maximum Gasteiger partial charge on any atom is 0.329 e. The average molecular weight is 608 g/mol. The molecule has 0 bridgehead atoms. The lowest BCUT2D eigenvalue weighted by Crippen LogP contribution is -2.41. The number of nitrogens with zero attached hydrogens (tertiary/aromatic N) is 1. The van der Waals surface area contributed by atoms with Crippen LogP contribution in [0.2, 0.25) is 0 Å². The van der Waals surface area contributed by atoms with Crippen molar-refractivity contribution >= 4 is 52.2 Å². The largest absolute Gasteiger partial charge is 0.493 e. The predicted molar refractivity (Wildman–Crippen MR) is 143 cm³/mol. The molecular weight excluding hydrogens is 579 g/mol. The number of amides is 3. The molecule has 1 aliphatic heterocycles. The van der Waals surface area contributed by atoms with Gasteiger partial charge in [-0.05, 0) is 77.2 Å². The number of hydrogen-bond acceptors (Lipinski definition) is 7. The standard InChI is InChI=1S/C25H29IN4O6/c1-3-16-6-8-18(9-7-16)29-22(31)15-36-23-20(26)11-17(12-21(23)34-2)13-28-30-25(33)24(32)27-14-19-5-4-10-35-19/h6-9,11-13,19H,3-5,10,14-15H2,1-2H3,(H,27,32)(H,29,31)(H,30,33)/b28-13-/t19-/m0/s1. The van der Waals surface area contributed by atoms with Crippen LogP contribution < -0.4 is 25.5 Å². The first-order chi connectivity index (χ1) is 17.4. The quantitative estimate of drug-likeness (QED) is 0.165. The first-order valence-electron chi connectivity index (χ1n) is 11.5. The summed E-state index contributed by atoms with van der Waals surface area (Å²) in [4.78, 5) is 36.1. The van der Waals surface area contributed by atoms with E-state index in [0.29, 0.717) is 32.9 Å². The SMILES string of the molecule is CCc1ccc(NC(=O)COc2c(I)cc(/C=N\NC(=O)C(=O)NC[C@@H]3CCCO3)cc2OC)cc1. The molecule has 11 heteroatoms. The summed E-state index contributed by atoms with van der Waals surface area (Å²) in [5, 5.41) is 9.17. The Morgan fingerprint density at radius 1 is 1.19 bits per heavy atom. The van der Waals surface area contributed by atoms with E-state index in [1.165, 1.54) is 18.9 Å². The van der Waals surface area contributed by atoms with Crippen LogP contribution in [0.1, 0.15) is 30.9 Å². The van der Waals surface area contributed by atoms with Gasteiger partial charge in [-0.1, -0.05) is 19.1 Å². The minimum absolute atomic E-state index is 0.0565. The summed E-state index contributed by atoms with van der Waals surface area (Å²) >= 11 is 2.06. The lowest BCUT2D eigenvalue weighted by atomic mass is 10.1. The minimum atomic E-state index is -0.874. The van der Waals surface area contributed by atoms with Crippen LogP contribution >= 0.6 is 22.6 Å². The topological polar surface area (TPSA) is 127 Å². The highest BCUT2D eigenvalue weighted by atomic mass is 127. The Morgan fingerprint density at radius 3 is 2.64 bits per heavy atom. The van der Waals surface area contributed by atoms with Gasteiger partial charge in [0.25, 0.3) is 5.91 Å². The number of benzene rings is 2. The van der Waals surface area contributed by atoms with Crippen molar-refractivity contribution in [3.63, 3.8) is 0 Å². The van der Waals surface area contributed by atoms with Crippen molar-refractivity contribution in [1.29, 1.82) is 0 Å². The molecule has 2 aromatic rings. The Bertz CT molecular complexity index is 1100. The summed E-state index contributed by atoms with van der Waals surface area (Å²) in [5.41, 5.74) is 4.68. The molecule has 0 unspecified atom stereocenters. The Labute approximate surface area is 223 Å². The second kappa shape index (κ2) is 13.8. The monoisotopic (exact) mass is 608 g/mol. The van der Waals surface area contributed by atoms with Gasteiger partial charge in [0.1, 0.15) is 0 Å². The first kappa shape index (κ1) is 27.4. The van der Waals surface area contributed by atoms with Crippen molar-refractivity contribution in [2.45, 2.75) is 32.3 Å². The number of carbonyl (C=O) groups excluding carboxylic acids is 3. The smallest absolute Gasteiger partial charge is 0.329 e. The highest BCUT2D eigenvalue weighted by Gasteiger charge is 2.19. The summed E-state index contributed by atoms with van der Waals surface area (Å²) in [6, 6.07) is 11.0. The van der Waals surface area contributed by atoms with Crippen LogP contribution in [0.3, 0.4) is 0 Å². The highest BCUT2D eigenvalue weighted by molar-refractivity contribution is 14.1. The van der Waals surface area contributed by atoms with Gasteiger partial charge in [-0.25, -0.2) is 5.43 Å². The van der Waals surface area contributed by atoms with E-state index in [1.807, 2.05) is 24.3 Å². The fourth-order valence-corrected chi connectivity index (χ4v) is 4.20. The van der Waals surface area contributed by atoms with Crippen LogP contribution in [0.15, 0.2) is 41.5 Å². The Morgan fingerprint density at radius 2 is 1.97 bits per heavy atom. The van der Waals surface area contributed by atoms with Gasteiger partial charge in [0.2, 0.25) is 0 Å². The normalized spacial score (nSPS) is 14.9. The van der Waals surface area contributed by atoms with E-state index in [1.54, 1.807) is 12.1 Å². The molecule has 0 radical (unpaired) electrons. The third-order valence-electron chi connectivity index (χ3n) is 5.35. The molecule has 3 N–H and O–H groups in total. The molecule has 0 saturated carbocycles. The molecule has 1 fully saturated rings. The highest BCUT2D eigenvalue weighted by Crippen LogP contribution is 2.33. The molecule has 0 aromatic heterocycles. The number of hydrazone groups is 1. The van der Waals surface area contributed by atoms with Crippen LogP contribution in [0.4, 0.5) is 5.69 Å². The van der Waals surface area contributed by atoms with E-state index in [9.17, 15) is 14.4 Å². The number of halogens is 1. The first-order valence-corrected chi connectivity index (χ1v) is 12.6. The zero-order chi connectivity index (χ0) is 25.9. The number of carbonyl (C=O) groups is 3. The molecule has 10 nitrogen and oxygen atoms in total. The van der Waals surface area contributed by atoms with E-state index in [4.69, 9.17) is 14.2 Å². The van der Waals surface area contributed by atoms with Crippen molar-refractivity contribution in [2.75, 3.05) is 32.2 Å². The summed E-state index contributed by atoms with van der Waals surface area (Å²) < 4.78 is 17.2. The van der Waals surface area contributed by atoms with E-state index < -0.39 is 11.8 Å². The second-order valence-corrected chi connectivity index (χ2v) is 9.13. The molecule has 1 heterocycles. The van der Waals surface area contributed by atoms with Crippen LogP contribution in [0, 0.1) is 3.57 Å². The van der Waals surface area contributed by atoms with Crippen LogP contribution in [0.5, 0.6) is 11.5 Å². The maximum absolute atomic E-state index is 12.3. The number of rotatable bonds is 10.